The Balaban J connectivity index is 1.76. The van der Waals surface area contributed by atoms with Crippen molar-refractivity contribution >= 4 is 11.2 Å². The minimum atomic E-state index is 0.574. The minimum absolute atomic E-state index is 0.574. The average molecular weight is 310 g/mol. The van der Waals surface area contributed by atoms with Gasteiger partial charge in [0.2, 0.25) is 0 Å². The summed E-state index contributed by atoms with van der Waals surface area (Å²) in [5.74, 6) is 1.41. The van der Waals surface area contributed by atoms with Gasteiger partial charge in [0.15, 0.2) is 0 Å². The molecule has 0 aliphatic carbocycles. The number of aromatic nitrogens is 3. The van der Waals surface area contributed by atoms with Crippen LogP contribution in [-0.2, 0) is 6.42 Å². The van der Waals surface area contributed by atoms with Crippen LogP contribution in [0.1, 0.15) is 50.2 Å². The van der Waals surface area contributed by atoms with Crippen molar-refractivity contribution in [3.8, 4) is 0 Å². The van der Waals surface area contributed by atoms with Crippen LogP contribution in [0.4, 0.5) is 0 Å². The molecule has 3 heterocycles. The zero-order chi connectivity index (χ0) is 16.4. The normalized spacial score (nSPS) is 16.9. The Labute approximate surface area is 138 Å². The second-order valence-electron chi connectivity index (χ2n) is 6.74. The third-order valence-electron chi connectivity index (χ3n) is 4.61. The highest BCUT2D eigenvalue weighted by Crippen LogP contribution is 2.24. The molecule has 2 aromatic heterocycles. The number of nitrogens with zero attached hydrogens (tertiary/aromatic N) is 4. The third kappa shape index (κ3) is 3.69. The van der Waals surface area contributed by atoms with Crippen LogP contribution in [0.5, 0.6) is 0 Å². The van der Waals surface area contributed by atoms with Gasteiger partial charge >= 0.3 is 0 Å². The average Bonchev–Trinajstić information content (AvgIpc) is 2.73. The standard InChI is InChI=1S/C19H26N4/c1-13-10-19-18(21-16(4)22-23(19)12-13)8-7-14(2)17-6-5-9-20-15(3)11-17/h10-12,14H,5-9H2,1-4H3. The van der Waals surface area contributed by atoms with E-state index in [4.69, 9.17) is 4.98 Å². The molecule has 0 bridgehead atoms. The van der Waals surface area contributed by atoms with Gasteiger partial charge in [0, 0.05) is 18.5 Å². The van der Waals surface area contributed by atoms with Crippen LogP contribution in [0.15, 0.2) is 28.9 Å². The van der Waals surface area contributed by atoms with E-state index in [0.29, 0.717) is 5.92 Å². The van der Waals surface area contributed by atoms with E-state index in [1.165, 1.54) is 29.7 Å². The first kappa shape index (κ1) is 15.9. The summed E-state index contributed by atoms with van der Waals surface area (Å²) in [7, 11) is 0. The summed E-state index contributed by atoms with van der Waals surface area (Å²) in [6.07, 6.45) is 8.82. The second kappa shape index (κ2) is 6.65. The molecule has 0 radical (unpaired) electrons. The van der Waals surface area contributed by atoms with Crippen LogP contribution in [0, 0.1) is 19.8 Å². The van der Waals surface area contributed by atoms with Gasteiger partial charge < -0.3 is 0 Å². The van der Waals surface area contributed by atoms with E-state index in [9.17, 15) is 0 Å². The highest BCUT2D eigenvalue weighted by atomic mass is 15.2. The molecule has 122 valence electrons. The van der Waals surface area contributed by atoms with Gasteiger partial charge in [-0.15, -0.1) is 0 Å². The predicted molar refractivity (Wildman–Crippen MR) is 95.2 cm³/mol. The third-order valence-corrected chi connectivity index (χ3v) is 4.61. The van der Waals surface area contributed by atoms with Gasteiger partial charge in [-0.25, -0.2) is 9.50 Å². The second-order valence-corrected chi connectivity index (χ2v) is 6.74. The zero-order valence-electron chi connectivity index (χ0n) is 14.6. The summed E-state index contributed by atoms with van der Waals surface area (Å²) in [5, 5.41) is 4.47. The van der Waals surface area contributed by atoms with Gasteiger partial charge in [0.1, 0.15) is 5.82 Å². The number of hydrogen-bond donors (Lipinski definition) is 0. The van der Waals surface area contributed by atoms with E-state index >= 15 is 0 Å². The van der Waals surface area contributed by atoms with Crippen molar-refractivity contribution in [2.45, 2.75) is 53.4 Å². The largest absolute Gasteiger partial charge is 0.290 e. The Hall–Kier alpha value is -1.97. The Morgan fingerprint density at radius 2 is 2.09 bits per heavy atom. The molecule has 2 aromatic rings. The van der Waals surface area contributed by atoms with Gasteiger partial charge in [-0.1, -0.05) is 12.5 Å². The van der Waals surface area contributed by atoms with E-state index in [2.05, 4.69) is 49.2 Å². The van der Waals surface area contributed by atoms with Crippen LogP contribution in [0.2, 0.25) is 0 Å². The molecule has 23 heavy (non-hydrogen) atoms. The van der Waals surface area contributed by atoms with Crippen LogP contribution in [-0.4, -0.2) is 26.9 Å². The molecule has 0 saturated heterocycles. The van der Waals surface area contributed by atoms with Crippen LogP contribution in [0.3, 0.4) is 0 Å². The summed E-state index contributed by atoms with van der Waals surface area (Å²) in [5.41, 5.74) is 6.26. The summed E-state index contributed by atoms with van der Waals surface area (Å²) >= 11 is 0. The summed E-state index contributed by atoms with van der Waals surface area (Å²) in [4.78, 5) is 9.24. The van der Waals surface area contributed by atoms with E-state index in [1.54, 1.807) is 0 Å². The van der Waals surface area contributed by atoms with Crippen molar-refractivity contribution in [2.75, 3.05) is 6.54 Å². The van der Waals surface area contributed by atoms with E-state index in [-0.39, 0.29) is 0 Å². The zero-order valence-corrected chi connectivity index (χ0v) is 14.6. The monoisotopic (exact) mass is 310 g/mol. The van der Waals surface area contributed by atoms with E-state index in [0.717, 1.165) is 36.4 Å². The number of aryl methyl sites for hydroxylation is 3. The van der Waals surface area contributed by atoms with Gasteiger partial charge in [-0.05, 0) is 70.1 Å². The van der Waals surface area contributed by atoms with E-state index in [1.807, 2.05) is 11.4 Å². The fourth-order valence-electron chi connectivity index (χ4n) is 3.35. The molecule has 0 fully saturated rings. The van der Waals surface area contributed by atoms with Crippen molar-refractivity contribution in [1.82, 2.24) is 14.6 Å². The fourth-order valence-corrected chi connectivity index (χ4v) is 3.35. The molecule has 4 heteroatoms. The van der Waals surface area contributed by atoms with Crippen LogP contribution < -0.4 is 0 Å². The summed E-state index contributed by atoms with van der Waals surface area (Å²) in [6.45, 7) is 9.48. The van der Waals surface area contributed by atoms with Crippen LogP contribution in [0.25, 0.3) is 5.52 Å². The molecular formula is C19H26N4. The first-order valence-corrected chi connectivity index (χ1v) is 8.57. The van der Waals surface area contributed by atoms with Crippen LogP contribution >= 0.6 is 0 Å². The maximum Gasteiger partial charge on any atom is 0.146 e. The molecule has 4 nitrogen and oxygen atoms in total. The SMILES string of the molecule is CC1=NCCCC(C(C)CCc2nc(C)nn3cc(C)cc23)=C1. The van der Waals surface area contributed by atoms with Crippen molar-refractivity contribution in [2.24, 2.45) is 10.9 Å². The summed E-state index contributed by atoms with van der Waals surface area (Å²) in [6, 6.07) is 2.18. The molecule has 0 saturated carbocycles. The molecule has 3 rings (SSSR count). The lowest BCUT2D eigenvalue weighted by atomic mass is 9.91. The number of allylic oxidation sites excluding steroid dienone is 2. The molecule has 0 spiro atoms. The molecule has 0 aromatic carbocycles. The Kier molecular flexibility index (Phi) is 4.60. The Morgan fingerprint density at radius 3 is 2.91 bits per heavy atom. The smallest absolute Gasteiger partial charge is 0.146 e. The quantitative estimate of drug-likeness (QED) is 0.853. The van der Waals surface area contributed by atoms with Crippen molar-refractivity contribution in [3.63, 3.8) is 0 Å². The predicted octanol–water partition coefficient (Wildman–Crippen LogP) is 4.10. The highest BCUT2D eigenvalue weighted by molar-refractivity contribution is 5.93. The minimum Gasteiger partial charge on any atom is -0.290 e. The van der Waals surface area contributed by atoms with Crippen molar-refractivity contribution in [3.05, 3.63) is 41.0 Å². The fraction of sp³-hybridized carbons (Fsp3) is 0.526. The number of rotatable bonds is 4. The highest BCUT2D eigenvalue weighted by Gasteiger charge is 2.14. The number of aliphatic imine (C=N–C) groups is 1. The molecule has 1 unspecified atom stereocenters. The Bertz CT molecular complexity index is 767. The lowest BCUT2D eigenvalue weighted by Crippen LogP contribution is -2.07. The van der Waals surface area contributed by atoms with Crippen molar-refractivity contribution < 1.29 is 0 Å². The van der Waals surface area contributed by atoms with Crippen molar-refractivity contribution in [1.29, 1.82) is 0 Å². The van der Waals surface area contributed by atoms with E-state index < -0.39 is 0 Å². The Morgan fingerprint density at radius 1 is 1.26 bits per heavy atom. The molecular weight excluding hydrogens is 284 g/mol. The summed E-state index contributed by atoms with van der Waals surface area (Å²) < 4.78 is 1.97. The number of fused-ring (bicyclic) bond motifs is 1. The first-order chi connectivity index (χ1) is 11.0. The van der Waals surface area contributed by atoms with Gasteiger partial charge in [-0.3, -0.25) is 4.99 Å². The lowest BCUT2D eigenvalue weighted by molar-refractivity contribution is 0.577. The maximum atomic E-state index is 4.69. The topological polar surface area (TPSA) is 42.5 Å². The maximum absolute atomic E-state index is 4.69. The number of hydrogen-bond acceptors (Lipinski definition) is 3. The van der Waals surface area contributed by atoms with Gasteiger partial charge in [0.25, 0.3) is 0 Å². The first-order valence-electron chi connectivity index (χ1n) is 8.57. The van der Waals surface area contributed by atoms with Gasteiger partial charge in [0.05, 0.1) is 11.2 Å². The lowest BCUT2D eigenvalue weighted by Gasteiger charge is -2.15. The molecule has 0 amide bonds. The molecule has 1 aliphatic rings. The molecule has 1 atom stereocenters. The molecule has 0 N–H and O–H groups in total. The molecule has 1 aliphatic heterocycles. The van der Waals surface area contributed by atoms with Gasteiger partial charge in [-0.2, -0.15) is 5.10 Å².